The monoisotopic (exact) mass is 494 g/mol. The Bertz CT molecular complexity index is 1200. The molecule has 1 aliphatic rings. The number of halogens is 4. The van der Waals surface area contributed by atoms with Crippen LogP contribution in [0, 0.1) is 0 Å². The molecule has 0 aliphatic carbocycles. The molecule has 0 radical (unpaired) electrons. The maximum atomic E-state index is 13.9. The molecule has 3 aromatic rings. The fourth-order valence-electron chi connectivity index (χ4n) is 3.94. The Morgan fingerprint density at radius 1 is 1.21 bits per heavy atom. The minimum Gasteiger partial charge on any atom is -0.493 e. The first-order chi connectivity index (χ1) is 16.2. The number of hydrogen-bond acceptors (Lipinski definition) is 5. The third-order valence-corrected chi connectivity index (χ3v) is 5.87. The largest absolute Gasteiger partial charge is 0.493 e. The summed E-state index contributed by atoms with van der Waals surface area (Å²) >= 11 is 5.97. The third-order valence-electron chi connectivity index (χ3n) is 5.64. The summed E-state index contributed by atoms with van der Waals surface area (Å²) in [6.45, 7) is 0.159. The van der Waals surface area contributed by atoms with Gasteiger partial charge in [-0.1, -0.05) is 29.8 Å². The number of fused-ring (bicyclic) bond motifs is 1. The molecule has 2 atom stereocenters. The van der Waals surface area contributed by atoms with Crippen molar-refractivity contribution in [2.75, 3.05) is 19.5 Å². The first kappa shape index (κ1) is 23.7. The zero-order valence-corrected chi connectivity index (χ0v) is 19.1. The predicted octanol–water partition coefficient (Wildman–Crippen LogP) is 5.14. The molecule has 0 spiro atoms. The number of ether oxygens (including phenoxy) is 2. The minimum absolute atomic E-state index is 0.00282. The highest BCUT2D eigenvalue weighted by Crippen LogP contribution is 2.45. The van der Waals surface area contributed by atoms with Gasteiger partial charge in [-0.2, -0.15) is 18.3 Å². The van der Waals surface area contributed by atoms with Gasteiger partial charge in [-0.25, -0.2) is 4.68 Å². The van der Waals surface area contributed by atoms with Crippen LogP contribution >= 0.6 is 11.6 Å². The van der Waals surface area contributed by atoms with E-state index in [0.29, 0.717) is 22.1 Å². The summed E-state index contributed by atoms with van der Waals surface area (Å²) in [6.07, 6.45) is -3.73. The van der Waals surface area contributed by atoms with Crippen LogP contribution in [-0.4, -0.2) is 36.1 Å². The maximum Gasteiger partial charge on any atom is 0.410 e. The van der Waals surface area contributed by atoms with Crippen LogP contribution in [0.4, 0.5) is 19.0 Å². The topological polar surface area (TPSA) is 77.4 Å². The number of nitrogens with zero attached hydrogens (tertiary/aromatic N) is 2. The number of alkyl halides is 3. The number of anilines is 1. The van der Waals surface area contributed by atoms with E-state index in [2.05, 4.69) is 15.7 Å². The van der Waals surface area contributed by atoms with Crippen molar-refractivity contribution in [2.45, 2.75) is 31.2 Å². The van der Waals surface area contributed by atoms with Gasteiger partial charge in [0.05, 0.1) is 26.5 Å². The molecule has 2 aromatic carbocycles. The van der Waals surface area contributed by atoms with Crippen molar-refractivity contribution >= 4 is 23.3 Å². The highest BCUT2D eigenvalue weighted by atomic mass is 35.5. The normalized spacial score (nSPS) is 17.5. The van der Waals surface area contributed by atoms with Crippen molar-refractivity contribution in [3.8, 4) is 11.5 Å². The zero-order valence-electron chi connectivity index (χ0n) is 18.3. The number of methoxy groups -OCH3 is 2. The van der Waals surface area contributed by atoms with Crippen LogP contribution in [0.25, 0.3) is 0 Å². The molecule has 1 aliphatic heterocycles. The maximum absolute atomic E-state index is 13.9. The molecule has 180 valence electrons. The Morgan fingerprint density at radius 3 is 2.65 bits per heavy atom. The molecule has 1 amide bonds. The van der Waals surface area contributed by atoms with E-state index in [1.54, 1.807) is 42.5 Å². The van der Waals surface area contributed by atoms with Gasteiger partial charge in [0.25, 0.3) is 5.91 Å². The highest BCUT2D eigenvalue weighted by molar-refractivity contribution is 6.30. The summed E-state index contributed by atoms with van der Waals surface area (Å²) in [5.74, 6) is 0.295. The van der Waals surface area contributed by atoms with E-state index in [9.17, 15) is 18.0 Å². The van der Waals surface area contributed by atoms with Gasteiger partial charge < -0.3 is 20.1 Å². The SMILES string of the molecule is COc1ccc([C@H]2C[C@H](C(F)(F)F)n3ncc(C(=O)NCc4cccc(Cl)c4)c3N2)cc1OC. The molecule has 2 heterocycles. The van der Waals surface area contributed by atoms with Gasteiger partial charge in [-0.05, 0) is 35.4 Å². The Hall–Kier alpha value is -3.40. The first-order valence-electron chi connectivity index (χ1n) is 10.4. The lowest BCUT2D eigenvalue weighted by molar-refractivity contribution is -0.173. The summed E-state index contributed by atoms with van der Waals surface area (Å²) in [6, 6.07) is 9.19. The average Bonchev–Trinajstić information content (AvgIpc) is 3.25. The van der Waals surface area contributed by atoms with Gasteiger partial charge in [0.1, 0.15) is 11.4 Å². The smallest absolute Gasteiger partial charge is 0.410 e. The van der Waals surface area contributed by atoms with Crippen molar-refractivity contribution < 1.29 is 27.4 Å². The van der Waals surface area contributed by atoms with E-state index < -0.39 is 24.2 Å². The molecule has 0 saturated heterocycles. The fourth-order valence-corrected chi connectivity index (χ4v) is 4.15. The number of amides is 1. The lowest BCUT2D eigenvalue weighted by Gasteiger charge is -2.34. The Kier molecular flexibility index (Phi) is 6.60. The molecule has 34 heavy (non-hydrogen) atoms. The number of aromatic nitrogens is 2. The van der Waals surface area contributed by atoms with Crippen LogP contribution in [0.15, 0.2) is 48.7 Å². The number of rotatable bonds is 6. The number of hydrogen-bond donors (Lipinski definition) is 2. The summed E-state index contributed by atoms with van der Waals surface area (Å²) in [5, 5.41) is 10.2. The van der Waals surface area contributed by atoms with Crippen molar-refractivity contribution in [1.29, 1.82) is 0 Å². The standard InChI is InChI=1S/C23H22ClF3N4O3/c1-33-18-7-6-14(9-19(18)34-2)17-10-20(23(25,26)27)31-21(30-17)16(12-29-31)22(32)28-11-13-4-3-5-15(24)8-13/h3-9,12,17,20,30H,10-11H2,1-2H3,(H,28,32)/t17-,20-/m1/s1. The van der Waals surface area contributed by atoms with E-state index in [4.69, 9.17) is 21.1 Å². The van der Waals surface area contributed by atoms with Crippen molar-refractivity contribution in [2.24, 2.45) is 0 Å². The van der Waals surface area contributed by atoms with Crippen LogP contribution in [-0.2, 0) is 6.54 Å². The van der Waals surface area contributed by atoms with Crippen molar-refractivity contribution in [1.82, 2.24) is 15.1 Å². The molecular weight excluding hydrogens is 473 g/mol. The van der Waals surface area contributed by atoms with Crippen LogP contribution in [0.3, 0.4) is 0 Å². The van der Waals surface area contributed by atoms with Crippen molar-refractivity contribution in [3.05, 3.63) is 70.4 Å². The second-order valence-corrected chi connectivity index (χ2v) is 8.20. The molecule has 11 heteroatoms. The quantitative estimate of drug-likeness (QED) is 0.496. The van der Waals surface area contributed by atoms with Crippen molar-refractivity contribution in [3.63, 3.8) is 0 Å². The number of carbonyl (C=O) groups excluding carboxylic acids is 1. The lowest BCUT2D eigenvalue weighted by Crippen LogP contribution is -2.36. The average molecular weight is 495 g/mol. The van der Waals surface area contributed by atoms with E-state index in [1.807, 2.05) is 0 Å². The molecule has 4 rings (SSSR count). The molecule has 1 aromatic heterocycles. The van der Waals surface area contributed by atoms with Gasteiger partial charge in [0.2, 0.25) is 0 Å². The first-order valence-corrected chi connectivity index (χ1v) is 10.7. The number of benzene rings is 2. The number of nitrogens with one attached hydrogen (secondary N) is 2. The summed E-state index contributed by atoms with van der Waals surface area (Å²) < 4.78 is 53.2. The molecule has 0 unspecified atom stereocenters. The summed E-state index contributed by atoms with van der Waals surface area (Å²) in [5.41, 5.74) is 1.33. The van der Waals surface area contributed by atoms with Crippen LogP contribution in [0.1, 0.15) is 40.0 Å². The molecule has 0 saturated carbocycles. The van der Waals surface area contributed by atoms with E-state index >= 15 is 0 Å². The minimum atomic E-state index is -4.56. The van der Waals surface area contributed by atoms with E-state index in [0.717, 1.165) is 16.4 Å². The predicted molar refractivity (Wildman–Crippen MR) is 120 cm³/mol. The molecular formula is C23H22ClF3N4O3. The van der Waals surface area contributed by atoms with Gasteiger partial charge >= 0.3 is 6.18 Å². The lowest BCUT2D eigenvalue weighted by atomic mass is 9.96. The van der Waals surface area contributed by atoms with Crippen LogP contribution < -0.4 is 20.1 Å². The van der Waals surface area contributed by atoms with Gasteiger partial charge in [0, 0.05) is 18.0 Å². The molecule has 2 N–H and O–H groups in total. The van der Waals surface area contributed by atoms with Gasteiger partial charge in [-0.15, -0.1) is 0 Å². The summed E-state index contributed by atoms with van der Waals surface area (Å²) in [7, 11) is 2.93. The van der Waals surface area contributed by atoms with Gasteiger partial charge in [-0.3, -0.25) is 4.79 Å². The molecule has 0 fully saturated rings. The molecule has 0 bridgehead atoms. The van der Waals surface area contributed by atoms with Crippen LogP contribution in [0.5, 0.6) is 11.5 Å². The fraction of sp³-hybridized carbons (Fsp3) is 0.304. The zero-order chi connectivity index (χ0) is 24.5. The van der Waals surface area contributed by atoms with Crippen LogP contribution in [0.2, 0.25) is 5.02 Å². The highest BCUT2D eigenvalue weighted by Gasteiger charge is 2.47. The number of carbonyl (C=O) groups is 1. The van der Waals surface area contributed by atoms with E-state index in [-0.39, 0.29) is 24.3 Å². The Labute approximate surface area is 198 Å². The molecule has 7 nitrogen and oxygen atoms in total. The second-order valence-electron chi connectivity index (χ2n) is 7.77. The second kappa shape index (κ2) is 9.46. The van der Waals surface area contributed by atoms with E-state index in [1.165, 1.54) is 14.2 Å². The summed E-state index contributed by atoms with van der Waals surface area (Å²) in [4.78, 5) is 12.9. The van der Waals surface area contributed by atoms with Gasteiger partial charge in [0.15, 0.2) is 17.5 Å². The Morgan fingerprint density at radius 2 is 1.97 bits per heavy atom. The Balaban J connectivity index is 1.64. The third kappa shape index (κ3) is 4.77.